The van der Waals surface area contributed by atoms with Crippen molar-refractivity contribution in [3.63, 3.8) is 0 Å². The summed E-state index contributed by atoms with van der Waals surface area (Å²) in [7, 11) is 3.01. The van der Waals surface area contributed by atoms with Gasteiger partial charge in [0, 0.05) is 26.1 Å². The molecule has 6 fully saturated rings. The maximum Gasteiger partial charge on any atom is 0.187 e. The average Bonchev–Trinajstić information content (AvgIpc) is 3.27. The van der Waals surface area contributed by atoms with Crippen molar-refractivity contribution in [1.82, 2.24) is 5.32 Å². The molecule has 4 aliphatic carbocycles. The summed E-state index contributed by atoms with van der Waals surface area (Å²) in [4.78, 5) is 0. The fraction of sp³-hybridized carbons (Fsp3) is 0.947. The third kappa shape index (κ3) is 6.09. The van der Waals surface area contributed by atoms with Crippen LogP contribution in [0.25, 0.3) is 0 Å². The Balaban J connectivity index is 1.12. The fourth-order valence-corrected chi connectivity index (χ4v) is 11.9. The van der Waals surface area contributed by atoms with Crippen molar-refractivity contribution in [2.24, 2.45) is 28.6 Å². The Kier molecular flexibility index (Phi) is 10.4. The van der Waals surface area contributed by atoms with Crippen molar-refractivity contribution in [3.05, 3.63) is 11.6 Å². The van der Waals surface area contributed by atoms with Crippen molar-refractivity contribution >= 4 is 0 Å². The molecule has 0 aromatic rings. The molecule has 3 aliphatic heterocycles. The van der Waals surface area contributed by atoms with Gasteiger partial charge >= 0.3 is 0 Å². The molecule has 0 spiro atoms. The highest BCUT2D eigenvalue weighted by atomic mass is 16.7. The van der Waals surface area contributed by atoms with Gasteiger partial charge in [0.1, 0.15) is 35.7 Å². The van der Waals surface area contributed by atoms with Gasteiger partial charge in [-0.05, 0) is 89.4 Å². The lowest BCUT2D eigenvalue weighted by Crippen LogP contribution is -2.70. The molecule has 0 amide bonds. The monoisotopic (exact) mass is 725 g/mol. The van der Waals surface area contributed by atoms with E-state index in [1.807, 2.05) is 13.8 Å². The number of ether oxygens (including phenoxy) is 7. The number of fused-ring (bicyclic) bond motifs is 7. The molecule has 3 saturated carbocycles. The molecule has 13 heteroatoms. The molecular formula is C38H63NO12. The minimum Gasteiger partial charge on any atom is -0.393 e. The molecule has 0 radical (unpaired) electrons. The highest BCUT2D eigenvalue weighted by Crippen LogP contribution is 2.69. The maximum atomic E-state index is 13.3. The molecule has 6 N–H and O–H groups in total. The molecule has 51 heavy (non-hydrogen) atoms. The van der Waals surface area contributed by atoms with Gasteiger partial charge in [0.2, 0.25) is 0 Å². The highest BCUT2D eigenvalue weighted by Gasteiger charge is 2.74. The van der Waals surface area contributed by atoms with Crippen molar-refractivity contribution in [3.8, 4) is 0 Å². The van der Waals surface area contributed by atoms with Gasteiger partial charge in [-0.3, -0.25) is 5.32 Å². The van der Waals surface area contributed by atoms with Crippen LogP contribution in [0.5, 0.6) is 0 Å². The molecule has 3 saturated heterocycles. The van der Waals surface area contributed by atoms with E-state index >= 15 is 0 Å². The SMILES string of the molecule is CO[C@H]1[C@H](O)[C@@H](O[C@H]2[C@H](C)OC(OC(C)[C@]3(O)[C@H]4N[C@@](C)(O)CO[C@@H]4C4C5CC=C6C[C@@H](O)CC[C@]6(C)C5CC[C@@]43C)C[C@@H]2OC)O[C@@H](C)[C@@H]1O. The standard InChI is InChI=1S/C38H63NO12/c1-18-28(41)32(46-8)29(42)34(49-18)51-30-19(2)48-26(16-25(30)45-7)50-20(3)38(44)33-31(47-17-37(6,43)39-33)27-23-10-9-21-15-22(40)11-13-35(21,4)24(23)12-14-36(27,38)5/h9,18-20,22-34,39-44H,10-17H2,1-8H3/t18-,19-,20?,22-,23?,24?,25-,26?,27?,28-,29-,30-,31+,32+,33-,34+,35-,36-,37-,38-/m0/s1. The van der Waals surface area contributed by atoms with Crippen molar-refractivity contribution in [1.29, 1.82) is 0 Å². The highest BCUT2D eigenvalue weighted by molar-refractivity contribution is 5.30. The van der Waals surface area contributed by atoms with Crippen molar-refractivity contribution < 1.29 is 58.7 Å². The molecular weight excluding hydrogens is 662 g/mol. The number of morpholine rings is 1. The lowest BCUT2D eigenvalue weighted by Gasteiger charge is -2.59. The first-order valence-electron chi connectivity index (χ1n) is 19.2. The first-order valence-corrected chi connectivity index (χ1v) is 19.2. The largest absolute Gasteiger partial charge is 0.393 e. The van der Waals surface area contributed by atoms with Gasteiger partial charge in [-0.2, -0.15) is 0 Å². The Morgan fingerprint density at radius 2 is 1.69 bits per heavy atom. The van der Waals surface area contributed by atoms with Gasteiger partial charge in [-0.25, -0.2) is 0 Å². The molecule has 5 unspecified atom stereocenters. The molecule has 13 nitrogen and oxygen atoms in total. The Morgan fingerprint density at radius 3 is 2.39 bits per heavy atom. The second kappa shape index (κ2) is 13.8. The number of rotatable bonds is 7. The number of aliphatic hydroxyl groups excluding tert-OH is 3. The van der Waals surface area contributed by atoms with Crippen LogP contribution >= 0.6 is 0 Å². The van der Waals surface area contributed by atoms with Gasteiger partial charge in [0.25, 0.3) is 0 Å². The summed E-state index contributed by atoms with van der Waals surface area (Å²) in [5.41, 5.74) is -1.97. The van der Waals surface area contributed by atoms with E-state index in [9.17, 15) is 25.5 Å². The van der Waals surface area contributed by atoms with E-state index in [1.165, 1.54) is 12.7 Å². The Labute approximate surface area is 302 Å². The third-order valence-electron chi connectivity index (χ3n) is 14.7. The van der Waals surface area contributed by atoms with Crippen LogP contribution in [-0.4, -0.2) is 137 Å². The molecule has 20 atom stereocenters. The second-order valence-corrected chi connectivity index (χ2v) is 17.6. The normalized spacial score (nSPS) is 56.3. The number of methoxy groups -OCH3 is 2. The van der Waals surface area contributed by atoms with Gasteiger partial charge in [-0.15, -0.1) is 0 Å². The van der Waals surface area contributed by atoms with Crippen LogP contribution < -0.4 is 5.32 Å². The molecule has 0 aromatic heterocycles. The molecule has 0 bridgehead atoms. The zero-order chi connectivity index (χ0) is 36.8. The molecule has 3 heterocycles. The number of hydrogen-bond donors (Lipinski definition) is 6. The fourth-order valence-electron chi connectivity index (χ4n) is 11.9. The van der Waals surface area contributed by atoms with E-state index in [1.54, 1.807) is 21.0 Å². The average molecular weight is 726 g/mol. The Hall–Kier alpha value is -0.780. The van der Waals surface area contributed by atoms with Crippen LogP contribution in [0, 0.1) is 28.6 Å². The summed E-state index contributed by atoms with van der Waals surface area (Å²) in [5.74, 6) is 0.691. The third-order valence-corrected chi connectivity index (χ3v) is 14.7. The first-order chi connectivity index (χ1) is 24.0. The van der Waals surface area contributed by atoms with E-state index in [0.29, 0.717) is 12.3 Å². The van der Waals surface area contributed by atoms with Crippen molar-refractivity contribution in [2.75, 3.05) is 20.8 Å². The summed E-state index contributed by atoms with van der Waals surface area (Å²) < 4.78 is 43.1. The molecule has 292 valence electrons. The predicted octanol–water partition coefficient (Wildman–Crippen LogP) is 1.75. The topological polar surface area (TPSA) is 178 Å². The molecule has 7 rings (SSSR count). The summed E-state index contributed by atoms with van der Waals surface area (Å²) in [6, 6.07) is -0.595. The minimum absolute atomic E-state index is 0.0102. The summed E-state index contributed by atoms with van der Waals surface area (Å²) >= 11 is 0. The number of hydrogen-bond acceptors (Lipinski definition) is 13. The Morgan fingerprint density at radius 1 is 0.941 bits per heavy atom. The van der Waals surface area contributed by atoms with Gasteiger partial charge in [0.05, 0.1) is 49.3 Å². The first kappa shape index (κ1) is 38.5. The van der Waals surface area contributed by atoms with Crippen LogP contribution in [0.2, 0.25) is 0 Å². The van der Waals surface area contributed by atoms with E-state index in [4.69, 9.17) is 33.2 Å². The smallest absolute Gasteiger partial charge is 0.187 e. The lowest BCUT2D eigenvalue weighted by atomic mass is 9.46. The van der Waals surface area contributed by atoms with Gasteiger partial charge < -0.3 is 58.7 Å². The van der Waals surface area contributed by atoms with E-state index in [2.05, 4.69) is 25.2 Å². The lowest BCUT2D eigenvalue weighted by molar-refractivity contribution is -0.347. The summed E-state index contributed by atoms with van der Waals surface area (Å²) in [5, 5.41) is 59.8. The second-order valence-electron chi connectivity index (χ2n) is 17.6. The maximum absolute atomic E-state index is 13.3. The van der Waals surface area contributed by atoms with Gasteiger partial charge in [0.15, 0.2) is 12.6 Å². The summed E-state index contributed by atoms with van der Waals surface area (Å²) in [6.45, 7) is 11.8. The number of nitrogens with one attached hydrogen (secondary N) is 1. The van der Waals surface area contributed by atoms with Crippen molar-refractivity contribution in [2.45, 2.75) is 177 Å². The minimum atomic E-state index is -1.43. The van der Waals surface area contributed by atoms with Crippen LogP contribution in [0.1, 0.15) is 86.5 Å². The van der Waals surface area contributed by atoms with Gasteiger partial charge in [-0.1, -0.05) is 25.5 Å². The van der Waals surface area contributed by atoms with E-state index in [0.717, 1.165) is 38.5 Å². The molecule has 7 aliphatic rings. The summed E-state index contributed by atoms with van der Waals surface area (Å²) in [6.07, 6.45) is -0.814. The quantitative estimate of drug-likeness (QED) is 0.210. The van der Waals surface area contributed by atoms with Crippen LogP contribution in [-0.2, 0) is 33.2 Å². The van der Waals surface area contributed by atoms with Crippen LogP contribution in [0.3, 0.4) is 0 Å². The van der Waals surface area contributed by atoms with E-state index in [-0.39, 0.29) is 36.1 Å². The number of aliphatic hydroxyl groups is 5. The predicted molar refractivity (Wildman–Crippen MR) is 183 cm³/mol. The van der Waals surface area contributed by atoms with Crippen LogP contribution in [0.15, 0.2) is 11.6 Å². The zero-order valence-corrected chi connectivity index (χ0v) is 31.6. The zero-order valence-electron chi connectivity index (χ0n) is 31.6. The molecule has 0 aromatic carbocycles. The Bertz CT molecular complexity index is 1300. The van der Waals surface area contributed by atoms with Crippen LogP contribution in [0.4, 0.5) is 0 Å². The number of allylic oxidation sites excluding steroid dienone is 1. The van der Waals surface area contributed by atoms with E-state index < -0.39 is 84.2 Å².